The van der Waals surface area contributed by atoms with Crippen LogP contribution in [0.1, 0.15) is 28.9 Å². The van der Waals surface area contributed by atoms with E-state index < -0.39 is 12.1 Å². The summed E-state index contributed by atoms with van der Waals surface area (Å²) in [7, 11) is 1.89. The quantitative estimate of drug-likeness (QED) is 0.774. The van der Waals surface area contributed by atoms with E-state index in [2.05, 4.69) is 10.3 Å². The average Bonchev–Trinajstić information content (AvgIpc) is 2.95. The number of amides is 1. The number of carbonyl (C=O) groups is 1. The highest BCUT2D eigenvalue weighted by Gasteiger charge is 2.19. The lowest BCUT2D eigenvalue weighted by Crippen LogP contribution is -2.37. The molecule has 0 saturated heterocycles. The smallest absolute Gasteiger partial charge is 0.251 e. The molecule has 0 aliphatic carbocycles. The third-order valence-electron chi connectivity index (χ3n) is 4.03. The van der Waals surface area contributed by atoms with Crippen LogP contribution in [-0.2, 0) is 7.05 Å². The lowest BCUT2D eigenvalue weighted by atomic mass is 10.0. The number of benzene rings is 2. The summed E-state index contributed by atoms with van der Waals surface area (Å²) in [6, 6.07) is 10.3. The molecule has 1 aromatic heterocycles. The van der Waals surface area contributed by atoms with E-state index in [9.17, 15) is 14.3 Å². The van der Waals surface area contributed by atoms with Crippen molar-refractivity contribution in [1.29, 1.82) is 0 Å². The van der Waals surface area contributed by atoms with Gasteiger partial charge in [0, 0.05) is 12.6 Å². The number of aryl methyl sites for hydroxylation is 1. The summed E-state index contributed by atoms with van der Waals surface area (Å²) in [5, 5.41) is 13.1. The Balaban J connectivity index is 1.73. The third kappa shape index (κ3) is 3.14. The molecule has 0 radical (unpaired) electrons. The normalized spacial score (nSPS) is 13.7. The van der Waals surface area contributed by atoms with E-state index in [0.717, 1.165) is 11.0 Å². The maximum absolute atomic E-state index is 13.0. The van der Waals surface area contributed by atoms with E-state index in [-0.39, 0.29) is 11.7 Å². The summed E-state index contributed by atoms with van der Waals surface area (Å²) in [5.74, 6) is -0.664. The fraction of sp³-hybridized carbons (Fsp3) is 0.222. The van der Waals surface area contributed by atoms with Crippen LogP contribution in [0.25, 0.3) is 11.0 Å². The predicted octanol–water partition coefficient (Wildman–Crippen LogP) is 2.56. The maximum Gasteiger partial charge on any atom is 0.251 e. The van der Waals surface area contributed by atoms with Crippen molar-refractivity contribution in [2.45, 2.75) is 19.1 Å². The molecule has 1 heterocycles. The van der Waals surface area contributed by atoms with Gasteiger partial charge in [-0.15, -0.1) is 0 Å². The molecule has 2 atom stereocenters. The zero-order valence-electron chi connectivity index (χ0n) is 13.4. The second-order valence-electron chi connectivity index (χ2n) is 5.82. The van der Waals surface area contributed by atoms with Gasteiger partial charge < -0.3 is 15.0 Å². The van der Waals surface area contributed by atoms with Gasteiger partial charge in [0.15, 0.2) is 0 Å². The molecule has 5 nitrogen and oxygen atoms in total. The molecule has 0 bridgehead atoms. The molecule has 3 aromatic rings. The Labute approximate surface area is 138 Å². The SMILES string of the molecule is CC(NC(=O)c1ccc2c(c1)ncn2C)C(O)c1ccc(F)cc1. The number of hydrogen-bond donors (Lipinski definition) is 2. The fourth-order valence-electron chi connectivity index (χ4n) is 2.60. The molecule has 2 unspecified atom stereocenters. The molecule has 0 aliphatic heterocycles. The second-order valence-corrected chi connectivity index (χ2v) is 5.82. The molecule has 0 fully saturated rings. The lowest BCUT2D eigenvalue weighted by Gasteiger charge is -2.20. The van der Waals surface area contributed by atoms with Crippen molar-refractivity contribution in [3.8, 4) is 0 Å². The standard InChI is InChI=1S/C18H18FN3O2/c1-11(17(23)12-3-6-14(19)7-4-12)21-18(24)13-5-8-16-15(9-13)20-10-22(16)2/h3-11,17,23H,1-2H3,(H,21,24). The van der Waals surface area contributed by atoms with Crippen LogP contribution in [0.4, 0.5) is 4.39 Å². The van der Waals surface area contributed by atoms with E-state index in [1.165, 1.54) is 24.3 Å². The number of fused-ring (bicyclic) bond motifs is 1. The van der Waals surface area contributed by atoms with Gasteiger partial charge in [0.05, 0.1) is 29.5 Å². The van der Waals surface area contributed by atoms with Gasteiger partial charge in [0.1, 0.15) is 5.82 Å². The number of imidazole rings is 1. The number of halogens is 1. The summed E-state index contributed by atoms with van der Waals surface area (Å²) in [6.45, 7) is 1.70. The Kier molecular flexibility index (Phi) is 4.31. The zero-order chi connectivity index (χ0) is 17.3. The summed E-state index contributed by atoms with van der Waals surface area (Å²) >= 11 is 0. The largest absolute Gasteiger partial charge is 0.386 e. The highest BCUT2D eigenvalue weighted by atomic mass is 19.1. The first-order chi connectivity index (χ1) is 11.5. The molecule has 0 spiro atoms. The van der Waals surface area contributed by atoms with Gasteiger partial charge in [-0.25, -0.2) is 9.37 Å². The minimum absolute atomic E-state index is 0.295. The van der Waals surface area contributed by atoms with Crippen LogP contribution in [-0.4, -0.2) is 26.6 Å². The minimum Gasteiger partial charge on any atom is -0.386 e. The second kappa shape index (κ2) is 6.41. The lowest BCUT2D eigenvalue weighted by molar-refractivity contribution is 0.0852. The maximum atomic E-state index is 13.0. The Bertz CT molecular complexity index is 874. The molecular weight excluding hydrogens is 309 g/mol. The van der Waals surface area contributed by atoms with Crippen LogP contribution in [0.15, 0.2) is 48.8 Å². The van der Waals surface area contributed by atoms with Crippen LogP contribution in [0.2, 0.25) is 0 Å². The number of nitrogens with zero attached hydrogens (tertiary/aromatic N) is 2. The van der Waals surface area contributed by atoms with Gasteiger partial charge in [-0.05, 0) is 42.8 Å². The molecule has 0 saturated carbocycles. The first-order valence-electron chi connectivity index (χ1n) is 7.61. The van der Waals surface area contributed by atoms with Crippen LogP contribution in [0.5, 0.6) is 0 Å². The molecule has 3 rings (SSSR count). The molecule has 2 aromatic carbocycles. The van der Waals surface area contributed by atoms with Crippen LogP contribution < -0.4 is 5.32 Å². The molecular formula is C18H18FN3O2. The Hall–Kier alpha value is -2.73. The number of aliphatic hydroxyl groups is 1. The Morgan fingerprint density at radius 3 is 2.67 bits per heavy atom. The van der Waals surface area contributed by atoms with Gasteiger partial charge in [0.2, 0.25) is 0 Å². The van der Waals surface area contributed by atoms with Gasteiger partial charge in [0.25, 0.3) is 5.91 Å². The number of nitrogens with one attached hydrogen (secondary N) is 1. The molecule has 6 heteroatoms. The topological polar surface area (TPSA) is 67.2 Å². The molecule has 124 valence electrons. The van der Waals surface area contributed by atoms with Gasteiger partial charge in [-0.1, -0.05) is 12.1 Å². The Morgan fingerprint density at radius 1 is 1.25 bits per heavy atom. The molecule has 2 N–H and O–H groups in total. The van der Waals surface area contributed by atoms with Crippen molar-refractivity contribution in [2.24, 2.45) is 7.05 Å². The number of carbonyl (C=O) groups excluding carboxylic acids is 1. The Morgan fingerprint density at radius 2 is 1.96 bits per heavy atom. The van der Waals surface area contributed by atoms with Crippen molar-refractivity contribution >= 4 is 16.9 Å². The summed E-state index contributed by atoms with van der Waals surface area (Å²) in [4.78, 5) is 16.6. The number of hydrogen-bond acceptors (Lipinski definition) is 3. The highest BCUT2D eigenvalue weighted by molar-refractivity contribution is 5.97. The minimum atomic E-state index is -0.923. The molecule has 1 amide bonds. The van der Waals surface area contributed by atoms with E-state index in [0.29, 0.717) is 11.1 Å². The van der Waals surface area contributed by atoms with E-state index in [1.807, 2.05) is 17.7 Å². The van der Waals surface area contributed by atoms with Crippen molar-refractivity contribution in [1.82, 2.24) is 14.9 Å². The average molecular weight is 327 g/mol. The monoisotopic (exact) mass is 327 g/mol. The first kappa shape index (κ1) is 16.1. The van der Waals surface area contributed by atoms with Crippen LogP contribution in [0, 0.1) is 5.82 Å². The van der Waals surface area contributed by atoms with Crippen LogP contribution in [0.3, 0.4) is 0 Å². The summed E-state index contributed by atoms with van der Waals surface area (Å²) < 4.78 is 14.8. The van der Waals surface area contributed by atoms with Gasteiger partial charge in [-0.3, -0.25) is 4.79 Å². The predicted molar refractivity (Wildman–Crippen MR) is 89.0 cm³/mol. The van der Waals surface area contributed by atoms with Crippen molar-refractivity contribution in [3.63, 3.8) is 0 Å². The number of rotatable bonds is 4. The van der Waals surface area contributed by atoms with Crippen LogP contribution >= 0.6 is 0 Å². The summed E-state index contributed by atoms with van der Waals surface area (Å²) in [5.41, 5.74) is 2.69. The fourth-order valence-corrected chi connectivity index (χ4v) is 2.60. The first-order valence-corrected chi connectivity index (χ1v) is 7.61. The zero-order valence-corrected chi connectivity index (χ0v) is 13.4. The molecule has 0 aliphatic rings. The van der Waals surface area contributed by atoms with Gasteiger partial charge >= 0.3 is 0 Å². The van der Waals surface area contributed by atoms with Crippen molar-refractivity contribution in [2.75, 3.05) is 0 Å². The van der Waals surface area contributed by atoms with Crippen molar-refractivity contribution in [3.05, 3.63) is 65.7 Å². The van der Waals surface area contributed by atoms with E-state index >= 15 is 0 Å². The number of aliphatic hydroxyl groups excluding tert-OH is 1. The van der Waals surface area contributed by atoms with Crippen molar-refractivity contribution < 1.29 is 14.3 Å². The van der Waals surface area contributed by atoms with E-state index in [1.54, 1.807) is 25.4 Å². The van der Waals surface area contributed by atoms with E-state index in [4.69, 9.17) is 0 Å². The number of aromatic nitrogens is 2. The molecule has 24 heavy (non-hydrogen) atoms. The highest BCUT2D eigenvalue weighted by Crippen LogP contribution is 2.18. The third-order valence-corrected chi connectivity index (χ3v) is 4.03. The van der Waals surface area contributed by atoms with Gasteiger partial charge in [-0.2, -0.15) is 0 Å². The summed E-state index contributed by atoms with van der Waals surface area (Å²) in [6.07, 6.45) is 0.765.